The fourth-order valence-electron chi connectivity index (χ4n) is 2.22. The van der Waals surface area contributed by atoms with Crippen molar-refractivity contribution in [2.75, 3.05) is 26.2 Å². The smallest absolute Gasteiger partial charge is 0.246 e. The molecule has 18 heavy (non-hydrogen) atoms. The molecule has 1 heterocycles. The number of benzene rings is 1. The molecule has 0 aliphatic carbocycles. The number of carbonyl (C=O) groups excluding carboxylic acids is 1. The zero-order chi connectivity index (χ0) is 12.8. The maximum atomic E-state index is 11.7. The van der Waals surface area contributed by atoms with Crippen molar-refractivity contribution in [2.24, 2.45) is 0 Å². The number of rotatable bonds is 3. The Hall–Kier alpha value is -1.61. The van der Waals surface area contributed by atoms with Crippen LogP contribution in [0.25, 0.3) is 0 Å². The second-order valence-corrected chi connectivity index (χ2v) is 4.59. The van der Waals surface area contributed by atoms with Crippen molar-refractivity contribution in [1.82, 2.24) is 9.80 Å². The summed E-state index contributed by atoms with van der Waals surface area (Å²) in [5.41, 5.74) is 1.34. The van der Waals surface area contributed by atoms with Crippen molar-refractivity contribution in [1.29, 1.82) is 0 Å². The summed E-state index contributed by atoms with van der Waals surface area (Å²) >= 11 is 0. The number of carbonyl (C=O) groups is 1. The maximum absolute atomic E-state index is 11.7. The molecule has 2 rings (SSSR count). The zero-order valence-electron chi connectivity index (χ0n) is 10.9. The highest BCUT2D eigenvalue weighted by atomic mass is 16.2. The van der Waals surface area contributed by atoms with Crippen LogP contribution >= 0.6 is 0 Å². The molecule has 0 saturated carbocycles. The van der Waals surface area contributed by atoms with Crippen LogP contribution in [-0.4, -0.2) is 41.9 Å². The van der Waals surface area contributed by atoms with Crippen molar-refractivity contribution in [3.05, 3.63) is 48.0 Å². The van der Waals surface area contributed by atoms with E-state index in [-0.39, 0.29) is 5.91 Å². The molecule has 1 aliphatic heterocycles. The highest BCUT2D eigenvalue weighted by Gasteiger charge is 2.19. The van der Waals surface area contributed by atoms with Gasteiger partial charge in [0.25, 0.3) is 0 Å². The Balaban J connectivity index is 1.82. The predicted molar refractivity (Wildman–Crippen MR) is 73.1 cm³/mol. The minimum Gasteiger partial charge on any atom is -0.337 e. The van der Waals surface area contributed by atoms with Gasteiger partial charge in [0.1, 0.15) is 0 Å². The number of hydrogen-bond donors (Lipinski definition) is 0. The Morgan fingerprint density at radius 1 is 1.17 bits per heavy atom. The summed E-state index contributed by atoms with van der Waals surface area (Å²) in [6.45, 7) is 6.43. The molecular weight excluding hydrogens is 224 g/mol. The first-order chi connectivity index (χ1) is 8.79. The van der Waals surface area contributed by atoms with Gasteiger partial charge in [0.05, 0.1) is 0 Å². The first kappa shape index (κ1) is 12.8. The van der Waals surface area contributed by atoms with Crippen LogP contribution in [0.2, 0.25) is 0 Å². The first-order valence-electron chi connectivity index (χ1n) is 6.47. The Morgan fingerprint density at radius 2 is 1.83 bits per heavy atom. The highest BCUT2D eigenvalue weighted by Crippen LogP contribution is 2.08. The van der Waals surface area contributed by atoms with Gasteiger partial charge >= 0.3 is 0 Å². The minimum atomic E-state index is 0.136. The van der Waals surface area contributed by atoms with Crippen molar-refractivity contribution >= 4 is 5.91 Å². The van der Waals surface area contributed by atoms with Gasteiger partial charge in [-0.15, -0.1) is 0 Å². The van der Waals surface area contributed by atoms with E-state index in [9.17, 15) is 4.79 Å². The number of hydrogen-bond acceptors (Lipinski definition) is 2. The lowest BCUT2D eigenvalue weighted by Gasteiger charge is -2.34. The molecule has 0 spiro atoms. The summed E-state index contributed by atoms with van der Waals surface area (Å²) in [6.07, 6.45) is 3.45. The standard InChI is InChI=1S/C15H20N2O/c1-2-6-15(18)17-11-9-16(10-12-17)13-14-7-4-3-5-8-14/h2-8H,9-13H2,1H3/b6-2-. The van der Waals surface area contributed by atoms with Crippen molar-refractivity contribution in [3.63, 3.8) is 0 Å². The Bertz CT molecular complexity index is 406. The molecule has 1 aromatic rings. The van der Waals surface area contributed by atoms with E-state index in [2.05, 4.69) is 29.2 Å². The highest BCUT2D eigenvalue weighted by molar-refractivity contribution is 5.87. The zero-order valence-corrected chi connectivity index (χ0v) is 10.9. The summed E-state index contributed by atoms with van der Waals surface area (Å²) in [4.78, 5) is 16.0. The van der Waals surface area contributed by atoms with Gasteiger partial charge < -0.3 is 4.90 Å². The predicted octanol–water partition coefficient (Wildman–Crippen LogP) is 1.91. The van der Waals surface area contributed by atoms with Gasteiger partial charge in [-0.1, -0.05) is 36.4 Å². The molecule has 3 heteroatoms. The molecule has 1 aliphatic rings. The van der Waals surface area contributed by atoms with E-state index in [1.165, 1.54) is 5.56 Å². The van der Waals surface area contributed by atoms with E-state index < -0.39 is 0 Å². The number of amides is 1. The van der Waals surface area contributed by atoms with Crippen LogP contribution in [0.4, 0.5) is 0 Å². The van der Waals surface area contributed by atoms with Crippen molar-refractivity contribution in [3.8, 4) is 0 Å². The van der Waals surface area contributed by atoms with Crippen LogP contribution in [0.1, 0.15) is 12.5 Å². The van der Waals surface area contributed by atoms with Crippen LogP contribution in [0.5, 0.6) is 0 Å². The van der Waals surface area contributed by atoms with Crippen LogP contribution < -0.4 is 0 Å². The third-order valence-corrected chi connectivity index (χ3v) is 3.24. The lowest BCUT2D eigenvalue weighted by atomic mass is 10.2. The van der Waals surface area contributed by atoms with E-state index >= 15 is 0 Å². The van der Waals surface area contributed by atoms with Crippen LogP contribution in [0.15, 0.2) is 42.5 Å². The van der Waals surface area contributed by atoms with Gasteiger partial charge in [0, 0.05) is 32.7 Å². The number of nitrogens with zero attached hydrogens (tertiary/aromatic N) is 2. The third-order valence-electron chi connectivity index (χ3n) is 3.24. The summed E-state index contributed by atoms with van der Waals surface area (Å²) in [5.74, 6) is 0.136. The van der Waals surface area contributed by atoms with Gasteiger partial charge in [0.2, 0.25) is 5.91 Å². The molecule has 96 valence electrons. The minimum absolute atomic E-state index is 0.136. The molecule has 1 amide bonds. The molecule has 0 atom stereocenters. The van der Waals surface area contributed by atoms with E-state index in [0.717, 1.165) is 32.7 Å². The normalized spacial score (nSPS) is 17.3. The van der Waals surface area contributed by atoms with Gasteiger partial charge in [-0.05, 0) is 18.6 Å². The molecule has 3 nitrogen and oxygen atoms in total. The van der Waals surface area contributed by atoms with E-state index in [4.69, 9.17) is 0 Å². The van der Waals surface area contributed by atoms with Gasteiger partial charge in [-0.2, -0.15) is 0 Å². The average Bonchev–Trinajstić information content (AvgIpc) is 2.41. The second-order valence-electron chi connectivity index (χ2n) is 4.59. The Labute approximate surface area is 109 Å². The van der Waals surface area contributed by atoms with Gasteiger partial charge in [-0.25, -0.2) is 0 Å². The van der Waals surface area contributed by atoms with Crippen molar-refractivity contribution < 1.29 is 4.79 Å². The lowest BCUT2D eigenvalue weighted by molar-refractivity contribution is -0.127. The largest absolute Gasteiger partial charge is 0.337 e. The van der Waals surface area contributed by atoms with Crippen LogP contribution in [-0.2, 0) is 11.3 Å². The van der Waals surface area contributed by atoms with Crippen LogP contribution in [0.3, 0.4) is 0 Å². The first-order valence-corrected chi connectivity index (χ1v) is 6.47. The fourth-order valence-corrected chi connectivity index (χ4v) is 2.22. The van der Waals surface area contributed by atoms with Crippen molar-refractivity contribution in [2.45, 2.75) is 13.5 Å². The summed E-state index contributed by atoms with van der Waals surface area (Å²) in [5, 5.41) is 0. The van der Waals surface area contributed by atoms with Crippen LogP contribution in [0, 0.1) is 0 Å². The van der Waals surface area contributed by atoms with E-state index in [1.54, 1.807) is 12.2 Å². The number of piperazine rings is 1. The Kier molecular flexibility index (Phi) is 4.53. The average molecular weight is 244 g/mol. The molecule has 0 unspecified atom stereocenters. The molecule has 1 aromatic carbocycles. The summed E-state index contributed by atoms with van der Waals surface area (Å²) < 4.78 is 0. The lowest BCUT2D eigenvalue weighted by Crippen LogP contribution is -2.47. The maximum Gasteiger partial charge on any atom is 0.246 e. The SMILES string of the molecule is C/C=C\C(=O)N1CCN(Cc2ccccc2)CC1. The molecule has 0 bridgehead atoms. The van der Waals surface area contributed by atoms with E-state index in [0.29, 0.717) is 0 Å². The Morgan fingerprint density at radius 3 is 2.44 bits per heavy atom. The summed E-state index contributed by atoms with van der Waals surface area (Å²) in [7, 11) is 0. The fraction of sp³-hybridized carbons (Fsp3) is 0.400. The molecule has 0 N–H and O–H groups in total. The molecule has 0 aromatic heterocycles. The third kappa shape index (κ3) is 3.44. The van der Waals surface area contributed by atoms with Gasteiger partial charge in [-0.3, -0.25) is 9.69 Å². The quantitative estimate of drug-likeness (QED) is 0.758. The summed E-state index contributed by atoms with van der Waals surface area (Å²) in [6, 6.07) is 10.5. The number of allylic oxidation sites excluding steroid dienone is 1. The molecule has 1 saturated heterocycles. The van der Waals surface area contributed by atoms with Gasteiger partial charge in [0.15, 0.2) is 0 Å². The monoisotopic (exact) mass is 244 g/mol. The topological polar surface area (TPSA) is 23.6 Å². The van der Waals surface area contributed by atoms with E-state index in [1.807, 2.05) is 17.9 Å². The molecule has 0 radical (unpaired) electrons. The molecular formula is C15H20N2O. The molecule has 1 fully saturated rings. The second kappa shape index (κ2) is 6.36.